The van der Waals surface area contributed by atoms with Gasteiger partial charge in [0, 0.05) is 6.54 Å². The molecule has 9 heteroatoms. The second-order valence-electron chi connectivity index (χ2n) is 6.56. The number of piperidine rings is 1. The van der Waals surface area contributed by atoms with Crippen LogP contribution in [0.1, 0.15) is 25.7 Å². The highest BCUT2D eigenvalue weighted by atomic mass is 35.5. The van der Waals surface area contributed by atoms with Crippen molar-refractivity contribution in [2.45, 2.75) is 37.4 Å². The van der Waals surface area contributed by atoms with E-state index in [2.05, 4.69) is 5.32 Å². The number of nitrogens with zero attached hydrogens (tertiary/aromatic N) is 1. The summed E-state index contributed by atoms with van der Waals surface area (Å²) >= 11 is 5.52. The van der Waals surface area contributed by atoms with Gasteiger partial charge in [0.2, 0.25) is 0 Å². The molecule has 0 atom stereocenters. The lowest BCUT2D eigenvalue weighted by Crippen LogP contribution is -2.51. The monoisotopic (exact) mass is 404 g/mol. The minimum absolute atomic E-state index is 0. The lowest BCUT2D eigenvalue weighted by Gasteiger charge is -2.39. The minimum atomic E-state index is -4.17. The van der Waals surface area contributed by atoms with Crippen molar-refractivity contribution in [2.75, 3.05) is 25.0 Å². The van der Waals surface area contributed by atoms with E-state index < -0.39 is 28.4 Å². The molecule has 0 aromatic heterocycles. The van der Waals surface area contributed by atoms with E-state index in [1.54, 1.807) is 4.90 Å². The Hall–Kier alpha value is -0.790. The molecule has 2 nitrogen and oxygen atoms in total. The third-order valence-corrected chi connectivity index (χ3v) is 5.43. The van der Waals surface area contributed by atoms with E-state index in [0.29, 0.717) is 32.5 Å². The van der Waals surface area contributed by atoms with E-state index in [1.807, 2.05) is 0 Å². The third-order valence-electron chi connectivity index (χ3n) is 5.09. The summed E-state index contributed by atoms with van der Waals surface area (Å²) in [6, 6.07) is 2.35. The van der Waals surface area contributed by atoms with Crippen LogP contribution in [-0.2, 0) is 0 Å². The zero-order valence-corrected chi connectivity index (χ0v) is 14.9. The lowest BCUT2D eigenvalue weighted by atomic mass is 9.95. The maximum absolute atomic E-state index is 13.8. The van der Waals surface area contributed by atoms with Crippen LogP contribution in [0.3, 0.4) is 0 Å². The van der Waals surface area contributed by atoms with Crippen molar-refractivity contribution in [1.29, 1.82) is 0 Å². The van der Waals surface area contributed by atoms with E-state index in [9.17, 15) is 22.0 Å². The van der Waals surface area contributed by atoms with Gasteiger partial charge in [-0.1, -0.05) is 11.6 Å². The molecule has 0 spiro atoms. The topological polar surface area (TPSA) is 15.3 Å². The Bertz CT molecular complexity index is 611. The average molecular weight is 405 g/mol. The Morgan fingerprint density at radius 2 is 1.76 bits per heavy atom. The van der Waals surface area contributed by atoms with Gasteiger partial charge in [0.15, 0.2) is 5.82 Å². The Balaban J connectivity index is 0.00000225. The fraction of sp³-hybridized carbons (Fsp3) is 0.625. The van der Waals surface area contributed by atoms with Crippen molar-refractivity contribution in [3.05, 3.63) is 28.8 Å². The Labute approximate surface area is 154 Å². The highest BCUT2D eigenvalue weighted by Crippen LogP contribution is 2.54. The highest BCUT2D eigenvalue weighted by molar-refractivity contribution is 6.31. The molecule has 1 aromatic carbocycles. The average Bonchev–Trinajstić information content (AvgIpc) is 3.34. The van der Waals surface area contributed by atoms with Crippen LogP contribution in [0.25, 0.3) is 0 Å². The van der Waals surface area contributed by atoms with Gasteiger partial charge in [0.05, 0.1) is 5.69 Å². The second kappa shape index (κ2) is 7.45. The summed E-state index contributed by atoms with van der Waals surface area (Å²) in [5.41, 5.74) is -1.50. The van der Waals surface area contributed by atoms with Crippen molar-refractivity contribution in [1.82, 2.24) is 4.90 Å². The SMILES string of the molecule is Cl.Fc1ccc(NCC2CCN(C3(C(F)(F)F)CC3)CC2)c(F)c1Cl. The van der Waals surface area contributed by atoms with Crippen molar-refractivity contribution >= 4 is 29.7 Å². The third kappa shape index (κ3) is 3.98. The summed E-state index contributed by atoms with van der Waals surface area (Å²) in [6.07, 6.45) is -2.59. The molecular formula is C16H19Cl2F5N2. The molecule has 1 N–H and O–H groups in total. The van der Waals surface area contributed by atoms with E-state index in [0.717, 1.165) is 6.07 Å². The Morgan fingerprint density at radius 1 is 1.16 bits per heavy atom. The molecule has 0 bridgehead atoms. The zero-order chi connectivity index (χ0) is 17.5. The van der Waals surface area contributed by atoms with Gasteiger partial charge in [-0.2, -0.15) is 13.2 Å². The molecule has 1 saturated heterocycles. The smallest absolute Gasteiger partial charge is 0.382 e. The summed E-state index contributed by atoms with van der Waals surface area (Å²) < 4.78 is 66.3. The van der Waals surface area contributed by atoms with Crippen LogP contribution in [0.5, 0.6) is 0 Å². The first-order chi connectivity index (χ1) is 11.2. The van der Waals surface area contributed by atoms with Crippen LogP contribution in [0.2, 0.25) is 5.02 Å². The van der Waals surface area contributed by atoms with Crippen molar-refractivity contribution < 1.29 is 22.0 Å². The van der Waals surface area contributed by atoms with Gasteiger partial charge >= 0.3 is 6.18 Å². The van der Waals surface area contributed by atoms with E-state index in [-0.39, 0.29) is 36.9 Å². The van der Waals surface area contributed by atoms with Crippen LogP contribution in [0, 0.1) is 17.6 Å². The number of hydrogen-bond acceptors (Lipinski definition) is 2. The standard InChI is InChI=1S/C16H18ClF5N2.ClH/c17-13-11(18)1-2-12(14(13)19)23-9-10-3-7-24(8-4-10)15(5-6-15)16(20,21)22;/h1-2,10,23H,3-9H2;1H. The molecular weight excluding hydrogens is 386 g/mol. The normalized spacial score (nSPS) is 20.9. The van der Waals surface area contributed by atoms with Gasteiger partial charge in [0.25, 0.3) is 0 Å². The zero-order valence-electron chi connectivity index (χ0n) is 13.3. The molecule has 142 valence electrons. The van der Waals surface area contributed by atoms with Crippen LogP contribution in [0.15, 0.2) is 12.1 Å². The van der Waals surface area contributed by atoms with Crippen LogP contribution in [0.4, 0.5) is 27.6 Å². The first-order valence-corrected chi connectivity index (χ1v) is 8.31. The summed E-state index contributed by atoms with van der Waals surface area (Å²) in [5.74, 6) is -1.52. The molecule has 1 aliphatic heterocycles. The number of alkyl halides is 3. The molecule has 0 amide bonds. The Kier molecular flexibility index (Phi) is 6.11. The van der Waals surface area contributed by atoms with Crippen molar-refractivity contribution in [3.8, 4) is 0 Å². The van der Waals surface area contributed by atoms with Crippen molar-refractivity contribution in [2.24, 2.45) is 5.92 Å². The molecule has 2 aliphatic rings. The number of anilines is 1. The molecule has 1 aromatic rings. The molecule has 0 unspecified atom stereocenters. The summed E-state index contributed by atoms with van der Waals surface area (Å²) in [5, 5.41) is 2.32. The van der Waals surface area contributed by atoms with Gasteiger partial charge < -0.3 is 5.32 Å². The summed E-state index contributed by atoms with van der Waals surface area (Å²) in [6.45, 7) is 1.20. The molecule has 1 aliphatic carbocycles. The maximum atomic E-state index is 13.8. The molecule has 25 heavy (non-hydrogen) atoms. The van der Waals surface area contributed by atoms with E-state index in [4.69, 9.17) is 11.6 Å². The predicted octanol–water partition coefficient (Wildman–Crippen LogP) is 5.26. The quantitative estimate of drug-likeness (QED) is 0.543. The summed E-state index contributed by atoms with van der Waals surface area (Å²) in [4.78, 5) is 1.54. The molecule has 0 radical (unpaired) electrons. The van der Waals surface area contributed by atoms with E-state index in [1.165, 1.54) is 6.07 Å². The first kappa shape index (κ1) is 20.5. The number of hydrogen-bond donors (Lipinski definition) is 1. The maximum Gasteiger partial charge on any atom is 0.406 e. The second-order valence-corrected chi connectivity index (χ2v) is 6.94. The number of rotatable bonds is 4. The Morgan fingerprint density at radius 3 is 2.28 bits per heavy atom. The number of benzene rings is 1. The van der Waals surface area contributed by atoms with E-state index >= 15 is 0 Å². The molecule has 3 rings (SSSR count). The van der Waals surface area contributed by atoms with Gasteiger partial charge in [-0.3, -0.25) is 4.90 Å². The number of halogens is 7. The number of likely N-dealkylation sites (tertiary alicyclic amines) is 1. The highest BCUT2D eigenvalue weighted by Gasteiger charge is 2.66. The van der Waals surface area contributed by atoms with Crippen LogP contribution < -0.4 is 5.32 Å². The predicted molar refractivity (Wildman–Crippen MR) is 89.4 cm³/mol. The first-order valence-electron chi connectivity index (χ1n) is 7.94. The van der Waals surface area contributed by atoms with Crippen LogP contribution in [-0.4, -0.2) is 36.2 Å². The van der Waals surface area contributed by atoms with Gasteiger partial charge in [-0.25, -0.2) is 8.78 Å². The lowest BCUT2D eigenvalue weighted by molar-refractivity contribution is -0.199. The molecule has 1 saturated carbocycles. The number of nitrogens with one attached hydrogen (secondary N) is 1. The fourth-order valence-electron chi connectivity index (χ4n) is 3.38. The summed E-state index contributed by atoms with van der Waals surface area (Å²) in [7, 11) is 0. The molecule has 1 heterocycles. The minimum Gasteiger partial charge on any atom is -0.382 e. The van der Waals surface area contributed by atoms with Crippen LogP contribution >= 0.6 is 24.0 Å². The van der Waals surface area contributed by atoms with Gasteiger partial charge in [0.1, 0.15) is 16.4 Å². The van der Waals surface area contributed by atoms with Gasteiger partial charge in [-0.15, -0.1) is 12.4 Å². The largest absolute Gasteiger partial charge is 0.406 e. The van der Waals surface area contributed by atoms with Gasteiger partial charge in [-0.05, 0) is 56.8 Å². The fourth-order valence-corrected chi connectivity index (χ4v) is 3.54. The van der Waals surface area contributed by atoms with Crippen molar-refractivity contribution in [3.63, 3.8) is 0 Å². The molecule has 2 fully saturated rings.